The Kier molecular flexibility index (Phi) is 6.21. The number of nitrogens with zero attached hydrogens (tertiary/aromatic N) is 1. The van der Waals surface area contributed by atoms with E-state index in [1.54, 1.807) is 0 Å². The first-order valence-electron chi connectivity index (χ1n) is 7.94. The largest absolute Gasteiger partial charge is 0.416 e. The van der Waals surface area contributed by atoms with Crippen LogP contribution in [0.3, 0.4) is 0 Å². The number of carbonyl (C=O) groups is 2. The maximum Gasteiger partial charge on any atom is 0.416 e. The number of carbonyl (C=O) groups excluding carboxylic acids is 2. The monoisotopic (exact) mass is 420 g/mol. The van der Waals surface area contributed by atoms with Gasteiger partial charge in [0.15, 0.2) is 0 Å². The van der Waals surface area contributed by atoms with Crippen molar-refractivity contribution in [1.29, 1.82) is 0 Å². The van der Waals surface area contributed by atoms with Gasteiger partial charge in [-0.05, 0) is 48.0 Å². The molecule has 0 aliphatic rings. The van der Waals surface area contributed by atoms with Crippen molar-refractivity contribution < 1.29 is 41.1 Å². The molecule has 156 valence electrons. The first kappa shape index (κ1) is 22.2. The Morgan fingerprint density at radius 1 is 0.931 bits per heavy atom. The van der Waals surface area contributed by atoms with Gasteiger partial charge < -0.3 is 4.90 Å². The number of rotatable bonds is 4. The molecule has 29 heavy (non-hydrogen) atoms. The molecule has 2 aromatic rings. The predicted molar refractivity (Wildman–Crippen MR) is 89.0 cm³/mol. The van der Waals surface area contributed by atoms with E-state index in [-0.39, 0.29) is 22.9 Å². The van der Waals surface area contributed by atoms with E-state index in [1.807, 2.05) is 0 Å². The Balaban J connectivity index is 2.45. The molecule has 0 saturated heterocycles. The van der Waals surface area contributed by atoms with Crippen LogP contribution in [0.15, 0.2) is 42.5 Å². The fraction of sp³-hybridized carbons (Fsp3) is 0.222. The highest BCUT2D eigenvalue weighted by Crippen LogP contribution is 2.36. The van der Waals surface area contributed by atoms with Gasteiger partial charge in [0, 0.05) is 18.2 Å². The normalized spacial score (nSPS) is 11.9. The quantitative estimate of drug-likeness (QED) is 0.438. The summed E-state index contributed by atoms with van der Waals surface area (Å²) in [5.74, 6) is -1.48. The Labute approximate surface area is 160 Å². The van der Waals surface area contributed by atoms with Crippen molar-refractivity contribution in [3.8, 4) is 0 Å². The Bertz CT molecular complexity index is 875. The van der Waals surface area contributed by atoms with Crippen LogP contribution in [0.5, 0.6) is 0 Å². The summed E-state index contributed by atoms with van der Waals surface area (Å²) in [5, 5.41) is 8.59. The third-order valence-corrected chi connectivity index (χ3v) is 3.91. The van der Waals surface area contributed by atoms with E-state index in [2.05, 4.69) is 0 Å². The average molecular weight is 420 g/mol. The zero-order valence-corrected chi connectivity index (χ0v) is 14.7. The number of benzene rings is 2. The zero-order chi connectivity index (χ0) is 22.0. The number of hydroxylamine groups is 1. The molecule has 2 aromatic carbocycles. The van der Waals surface area contributed by atoms with E-state index in [9.17, 15) is 35.9 Å². The molecule has 2 rings (SSSR count). The number of hydrogen-bond donors (Lipinski definition) is 2. The third kappa shape index (κ3) is 5.47. The van der Waals surface area contributed by atoms with Crippen LogP contribution in [-0.4, -0.2) is 17.0 Å². The first-order valence-corrected chi connectivity index (χ1v) is 7.94. The molecule has 2 N–H and O–H groups in total. The number of hydrogen-bond acceptors (Lipinski definition) is 3. The van der Waals surface area contributed by atoms with Crippen LogP contribution in [0.1, 0.15) is 34.0 Å². The molecule has 0 aliphatic carbocycles. The second-order valence-electron chi connectivity index (χ2n) is 6.01. The number of nitrogens with one attached hydrogen (secondary N) is 1. The van der Waals surface area contributed by atoms with Crippen LogP contribution in [0.25, 0.3) is 0 Å². The van der Waals surface area contributed by atoms with Gasteiger partial charge in [-0.2, -0.15) is 26.3 Å². The smallest absolute Gasteiger partial charge is 0.308 e. The lowest BCUT2D eigenvalue weighted by Crippen LogP contribution is -2.28. The molecule has 11 heteroatoms. The summed E-state index contributed by atoms with van der Waals surface area (Å²) < 4.78 is 78.0. The van der Waals surface area contributed by atoms with Crippen molar-refractivity contribution in [2.75, 3.05) is 4.90 Å². The maximum absolute atomic E-state index is 13.0. The molecule has 0 unspecified atom stereocenters. The van der Waals surface area contributed by atoms with Crippen LogP contribution < -0.4 is 10.4 Å². The van der Waals surface area contributed by atoms with Gasteiger partial charge in [0.1, 0.15) is 0 Å². The molecule has 5 nitrogen and oxygen atoms in total. The van der Waals surface area contributed by atoms with Gasteiger partial charge >= 0.3 is 12.4 Å². The molecule has 0 saturated carbocycles. The van der Waals surface area contributed by atoms with E-state index in [1.165, 1.54) is 29.7 Å². The highest BCUT2D eigenvalue weighted by atomic mass is 19.4. The minimum absolute atomic E-state index is 0.00387. The highest BCUT2D eigenvalue weighted by Gasteiger charge is 2.37. The van der Waals surface area contributed by atoms with Crippen molar-refractivity contribution in [2.45, 2.75) is 25.8 Å². The number of halogens is 6. The molecule has 0 radical (unpaired) electrons. The summed E-state index contributed by atoms with van der Waals surface area (Å²) in [4.78, 5) is 24.2. The van der Waals surface area contributed by atoms with Crippen molar-refractivity contribution in [1.82, 2.24) is 5.48 Å². The van der Waals surface area contributed by atoms with E-state index in [0.29, 0.717) is 12.1 Å². The predicted octanol–water partition coefficient (Wildman–Crippen LogP) is 4.40. The Morgan fingerprint density at radius 3 is 1.79 bits per heavy atom. The lowest BCUT2D eigenvalue weighted by atomic mass is 10.0. The molecule has 0 aliphatic heterocycles. The molecule has 0 heterocycles. The summed E-state index contributed by atoms with van der Waals surface area (Å²) in [5.41, 5.74) is -1.78. The van der Waals surface area contributed by atoms with E-state index in [0.717, 1.165) is 11.8 Å². The van der Waals surface area contributed by atoms with Gasteiger partial charge in [-0.15, -0.1) is 0 Å². The topological polar surface area (TPSA) is 69.6 Å². The van der Waals surface area contributed by atoms with Gasteiger partial charge in [-0.3, -0.25) is 14.8 Å². The first-order chi connectivity index (χ1) is 13.3. The van der Waals surface area contributed by atoms with Gasteiger partial charge in [0.25, 0.3) is 5.91 Å². The molecule has 0 fully saturated rings. The number of amides is 2. The number of anilines is 1. The molecule has 0 bridgehead atoms. The van der Waals surface area contributed by atoms with Crippen molar-refractivity contribution in [2.24, 2.45) is 0 Å². The van der Waals surface area contributed by atoms with Crippen LogP contribution >= 0.6 is 0 Å². The molecule has 0 atom stereocenters. The summed E-state index contributed by atoms with van der Waals surface area (Å²) >= 11 is 0. The van der Waals surface area contributed by atoms with Crippen molar-refractivity contribution >= 4 is 17.5 Å². The fourth-order valence-electron chi connectivity index (χ4n) is 2.53. The number of alkyl halides is 6. The highest BCUT2D eigenvalue weighted by molar-refractivity contribution is 5.95. The van der Waals surface area contributed by atoms with Crippen molar-refractivity contribution in [3.63, 3.8) is 0 Å². The second-order valence-corrected chi connectivity index (χ2v) is 6.01. The molecule has 0 aromatic heterocycles. The standard InChI is InChI=1S/C18H14F6N2O3/c1-10(27)26(15-4-2-12(3-5-15)16(28)25-29)9-11-6-13(17(19,20)21)8-14(7-11)18(22,23)24/h2-8,29H,9H2,1H3,(H,25,28). The van der Waals surface area contributed by atoms with Crippen LogP contribution in [-0.2, 0) is 23.7 Å². The summed E-state index contributed by atoms with van der Waals surface area (Å²) in [6.07, 6.45) is -10.0. The minimum atomic E-state index is -5.00. The Hall–Kier alpha value is -3.08. The van der Waals surface area contributed by atoms with Crippen LogP contribution in [0.4, 0.5) is 32.0 Å². The van der Waals surface area contributed by atoms with E-state index in [4.69, 9.17) is 5.21 Å². The molecule has 0 spiro atoms. The third-order valence-electron chi connectivity index (χ3n) is 3.91. The van der Waals surface area contributed by atoms with Gasteiger partial charge in [-0.25, -0.2) is 5.48 Å². The lowest BCUT2D eigenvalue weighted by Gasteiger charge is -2.23. The minimum Gasteiger partial charge on any atom is -0.308 e. The summed E-state index contributed by atoms with van der Waals surface area (Å²) in [7, 11) is 0. The summed E-state index contributed by atoms with van der Waals surface area (Å²) in [6, 6.07) is 6.07. The lowest BCUT2D eigenvalue weighted by molar-refractivity contribution is -0.143. The van der Waals surface area contributed by atoms with E-state index >= 15 is 0 Å². The van der Waals surface area contributed by atoms with Crippen LogP contribution in [0, 0.1) is 0 Å². The van der Waals surface area contributed by atoms with Gasteiger partial charge in [-0.1, -0.05) is 0 Å². The van der Waals surface area contributed by atoms with Crippen LogP contribution in [0.2, 0.25) is 0 Å². The molecule has 2 amide bonds. The van der Waals surface area contributed by atoms with Crippen molar-refractivity contribution in [3.05, 3.63) is 64.7 Å². The molecular formula is C18H14F6N2O3. The van der Waals surface area contributed by atoms with Gasteiger partial charge in [0.05, 0.1) is 17.7 Å². The fourth-order valence-corrected chi connectivity index (χ4v) is 2.53. The van der Waals surface area contributed by atoms with Gasteiger partial charge in [0.2, 0.25) is 5.91 Å². The zero-order valence-electron chi connectivity index (χ0n) is 14.7. The summed E-state index contributed by atoms with van der Waals surface area (Å²) in [6.45, 7) is 0.528. The molecular weight excluding hydrogens is 406 g/mol. The average Bonchev–Trinajstić information content (AvgIpc) is 2.63. The SMILES string of the molecule is CC(=O)N(Cc1cc(C(F)(F)F)cc(C(F)(F)F)c1)c1ccc(C(=O)NO)cc1. The maximum atomic E-state index is 13.0. The van der Waals surface area contributed by atoms with E-state index < -0.39 is 41.8 Å². The Morgan fingerprint density at radius 2 is 1.41 bits per heavy atom. The second kappa shape index (κ2) is 8.11.